The van der Waals surface area contributed by atoms with Gasteiger partial charge in [0.05, 0.1) is 16.3 Å². The zero-order valence-corrected chi connectivity index (χ0v) is 28.5. The summed E-state index contributed by atoms with van der Waals surface area (Å²) in [4.78, 5) is 46.0. The number of nitrogens with one attached hydrogen (secondary N) is 3. The molecule has 0 spiro atoms. The van der Waals surface area contributed by atoms with Crippen LogP contribution in [-0.4, -0.2) is 104 Å². The van der Waals surface area contributed by atoms with E-state index in [0.29, 0.717) is 35.9 Å². The number of aromatic nitrogens is 4. The van der Waals surface area contributed by atoms with Crippen molar-refractivity contribution < 1.29 is 44.4 Å². The van der Waals surface area contributed by atoms with E-state index in [0.717, 1.165) is 23.1 Å². The molecule has 4 heterocycles. The first kappa shape index (κ1) is 36.5. The van der Waals surface area contributed by atoms with Gasteiger partial charge in [-0.2, -0.15) is 21.9 Å². The Morgan fingerprint density at radius 1 is 0.740 bits per heavy atom. The minimum absolute atomic E-state index is 0.0335. The first-order valence-electron chi connectivity index (χ1n) is 14.1. The van der Waals surface area contributed by atoms with Gasteiger partial charge in [0.1, 0.15) is 19.2 Å². The minimum Gasteiger partial charge on any atom is -0.324 e. The quantitative estimate of drug-likeness (QED) is 0.231. The Balaban J connectivity index is 0.000000200. The summed E-state index contributed by atoms with van der Waals surface area (Å²) in [7, 11) is -7.61. The van der Waals surface area contributed by atoms with Crippen LogP contribution < -0.4 is 24.6 Å². The Hall–Kier alpha value is -4.78. The normalized spacial score (nSPS) is 15.7. The van der Waals surface area contributed by atoms with Crippen molar-refractivity contribution in [2.75, 3.05) is 58.5 Å². The van der Waals surface area contributed by atoms with Gasteiger partial charge in [0.2, 0.25) is 22.1 Å². The van der Waals surface area contributed by atoms with Crippen LogP contribution in [0.3, 0.4) is 0 Å². The van der Waals surface area contributed by atoms with Gasteiger partial charge in [0, 0.05) is 60.6 Å². The van der Waals surface area contributed by atoms with Gasteiger partial charge in [-0.15, -0.1) is 0 Å². The van der Waals surface area contributed by atoms with E-state index in [9.17, 15) is 44.4 Å². The van der Waals surface area contributed by atoms with Gasteiger partial charge < -0.3 is 20.0 Å². The maximum atomic E-state index is 12.5. The molecule has 4 aromatic rings. The van der Waals surface area contributed by atoms with Crippen molar-refractivity contribution in [1.82, 2.24) is 28.9 Å². The van der Waals surface area contributed by atoms with Crippen molar-refractivity contribution in [3.8, 4) is 0 Å². The number of carbonyl (C=O) groups is 3. The van der Waals surface area contributed by atoms with Crippen molar-refractivity contribution in [1.29, 1.82) is 0 Å². The predicted octanol–water partition coefficient (Wildman–Crippen LogP) is 1.35. The molecule has 0 unspecified atom stereocenters. The van der Waals surface area contributed by atoms with Crippen LogP contribution in [0.4, 0.5) is 34.8 Å². The largest absolute Gasteiger partial charge is 0.471 e. The van der Waals surface area contributed by atoms with E-state index in [1.807, 2.05) is 0 Å². The van der Waals surface area contributed by atoms with Gasteiger partial charge in [0.25, 0.3) is 20.0 Å². The summed E-state index contributed by atoms with van der Waals surface area (Å²) in [5.74, 6) is -2.80. The number of benzene rings is 2. The maximum Gasteiger partial charge on any atom is 0.471 e. The lowest BCUT2D eigenvalue weighted by atomic mass is 10.2. The van der Waals surface area contributed by atoms with E-state index < -0.39 is 44.6 Å². The number of nitrogens with zero attached hydrogens (tertiary/aromatic N) is 7. The number of amides is 3. The van der Waals surface area contributed by atoms with E-state index in [1.54, 1.807) is 17.0 Å². The molecule has 0 saturated carbocycles. The predicted molar refractivity (Wildman–Crippen MR) is 175 cm³/mol. The lowest BCUT2D eigenvalue weighted by Gasteiger charge is -2.34. The van der Waals surface area contributed by atoms with Crippen LogP contribution in [0, 0.1) is 0 Å². The summed E-state index contributed by atoms with van der Waals surface area (Å²) >= 11 is 1.82. The van der Waals surface area contributed by atoms with E-state index >= 15 is 0 Å². The highest BCUT2D eigenvalue weighted by Gasteiger charge is 2.44. The van der Waals surface area contributed by atoms with E-state index in [4.69, 9.17) is 0 Å². The second-order valence-electron chi connectivity index (χ2n) is 10.2. The number of carbonyl (C=O) groups excluding carboxylic acids is 3. The molecule has 0 atom stereocenters. The fourth-order valence-electron chi connectivity index (χ4n) is 4.57. The van der Waals surface area contributed by atoms with Crippen LogP contribution in [0.15, 0.2) is 71.0 Å². The van der Waals surface area contributed by atoms with Crippen LogP contribution in [0.1, 0.15) is 0 Å². The summed E-state index contributed by atoms with van der Waals surface area (Å²) in [5.41, 5.74) is 0.986. The summed E-state index contributed by atoms with van der Waals surface area (Å²) in [6.45, 7) is 0.423. The average molecular weight is 775 g/mol. The van der Waals surface area contributed by atoms with Crippen molar-refractivity contribution in [2.45, 2.75) is 16.0 Å². The number of halogens is 3. The molecule has 6 rings (SSSR count). The molecule has 0 radical (unpaired) electrons. The summed E-state index contributed by atoms with van der Waals surface area (Å²) in [6, 6.07) is 11.4. The third-order valence-electron chi connectivity index (χ3n) is 6.92. The first-order chi connectivity index (χ1) is 23.6. The van der Waals surface area contributed by atoms with E-state index in [2.05, 4.69) is 33.5 Å². The molecule has 0 bridgehead atoms. The van der Waals surface area contributed by atoms with Crippen molar-refractivity contribution >= 4 is 82.5 Å². The van der Waals surface area contributed by atoms with Gasteiger partial charge in [-0.25, -0.2) is 26.8 Å². The molecule has 2 aliphatic heterocycles. The number of anilines is 4. The van der Waals surface area contributed by atoms with Crippen LogP contribution in [-0.2, 0) is 34.4 Å². The van der Waals surface area contributed by atoms with Gasteiger partial charge >= 0.3 is 12.1 Å². The second-order valence-corrected chi connectivity index (χ2v) is 15.1. The molecule has 266 valence electrons. The van der Waals surface area contributed by atoms with Gasteiger partial charge in [-0.3, -0.25) is 23.8 Å². The monoisotopic (exact) mass is 774 g/mol. The lowest BCUT2D eigenvalue weighted by Crippen LogP contribution is -2.55. The molecular formula is C26H25F3N10O7S4. The SMILES string of the molecule is O=C1CN(C(=O)C(F)(F)F)CCN1c1ccc(S(=O)(=O)Nc2ncns2)cc1.O=C1CNCCN1c1ccc(S(=O)(=O)Nc2ncns2)cc1. The van der Waals surface area contributed by atoms with E-state index in [1.165, 1.54) is 54.0 Å². The molecule has 2 aromatic heterocycles. The average Bonchev–Trinajstić information content (AvgIpc) is 3.79. The molecule has 3 amide bonds. The van der Waals surface area contributed by atoms with Crippen LogP contribution >= 0.6 is 23.1 Å². The number of sulfonamides is 2. The van der Waals surface area contributed by atoms with Gasteiger partial charge in [0.15, 0.2) is 0 Å². The Labute approximate surface area is 290 Å². The Bertz CT molecular complexity index is 2030. The van der Waals surface area contributed by atoms with Gasteiger partial charge in [-0.05, 0) is 48.5 Å². The molecule has 2 aliphatic rings. The maximum absolute atomic E-state index is 12.5. The highest BCUT2D eigenvalue weighted by molar-refractivity contribution is 7.93. The number of piperazine rings is 2. The number of rotatable bonds is 8. The van der Waals surface area contributed by atoms with Crippen LogP contribution in [0.2, 0.25) is 0 Å². The van der Waals surface area contributed by atoms with Crippen molar-refractivity contribution in [2.24, 2.45) is 0 Å². The molecule has 0 aliphatic carbocycles. The second kappa shape index (κ2) is 15.0. The fraction of sp³-hybridized carbons (Fsp3) is 0.269. The summed E-state index contributed by atoms with van der Waals surface area (Å²) in [6.07, 6.45) is -2.57. The number of hydrogen-bond donors (Lipinski definition) is 3. The highest BCUT2D eigenvalue weighted by Crippen LogP contribution is 2.25. The van der Waals surface area contributed by atoms with Crippen LogP contribution in [0.25, 0.3) is 0 Å². The molecule has 3 N–H and O–H groups in total. The lowest BCUT2D eigenvalue weighted by molar-refractivity contribution is -0.186. The molecule has 2 aromatic carbocycles. The number of hydrogen-bond acceptors (Lipinski definition) is 14. The summed E-state index contributed by atoms with van der Waals surface area (Å²) in [5, 5.41) is 3.28. The standard InChI is InChI=1S/C14H12F3N5O4S2.C12H13N5O3S2/c15-14(16,17)12(24)21-5-6-22(11(23)7-21)9-1-3-10(4-2-9)28(25,26)20-13-18-8-19-27-13;18-11-7-13-5-6-17(11)9-1-3-10(4-2-9)22(19,20)16-12-14-8-15-21-12/h1-4,8H,5-7H2,(H,18,19,20);1-4,8,13H,5-7H2,(H,14,15,16). The summed E-state index contributed by atoms with van der Waals surface area (Å²) < 4.78 is 98.4. The Kier molecular flexibility index (Phi) is 10.9. The minimum atomic E-state index is -5.04. The smallest absolute Gasteiger partial charge is 0.324 e. The highest BCUT2D eigenvalue weighted by atomic mass is 32.2. The van der Waals surface area contributed by atoms with Crippen molar-refractivity contribution in [3.05, 3.63) is 61.2 Å². The molecule has 2 fully saturated rings. The third kappa shape index (κ3) is 8.87. The molecule has 24 heteroatoms. The fourth-order valence-corrected chi connectivity index (χ4v) is 7.90. The topological polar surface area (TPSA) is 217 Å². The van der Waals surface area contributed by atoms with Gasteiger partial charge in [-0.1, -0.05) is 0 Å². The van der Waals surface area contributed by atoms with E-state index in [-0.39, 0.29) is 39.1 Å². The number of alkyl halides is 3. The molecule has 2 saturated heterocycles. The van der Waals surface area contributed by atoms with Crippen molar-refractivity contribution in [3.63, 3.8) is 0 Å². The molecular weight excluding hydrogens is 750 g/mol. The Morgan fingerprint density at radius 2 is 1.22 bits per heavy atom. The zero-order chi connectivity index (χ0) is 36.1. The van der Waals surface area contributed by atoms with Crippen LogP contribution in [0.5, 0.6) is 0 Å². The first-order valence-corrected chi connectivity index (χ1v) is 18.6. The Morgan fingerprint density at radius 3 is 1.62 bits per heavy atom. The third-order valence-corrected chi connectivity index (χ3v) is 11.1. The zero-order valence-electron chi connectivity index (χ0n) is 25.3. The molecule has 50 heavy (non-hydrogen) atoms. The molecule has 17 nitrogen and oxygen atoms in total.